The third-order valence-corrected chi connectivity index (χ3v) is 7.92. The summed E-state index contributed by atoms with van der Waals surface area (Å²) in [6, 6.07) is 24.0. The number of aromatic nitrogens is 2. The maximum Gasteiger partial charge on any atom is 0.240 e. The molecule has 39 heavy (non-hydrogen) atoms. The van der Waals surface area contributed by atoms with E-state index in [0.717, 1.165) is 27.9 Å². The third kappa shape index (κ3) is 5.61. The second kappa shape index (κ2) is 11.5. The van der Waals surface area contributed by atoms with Gasteiger partial charge in [0.2, 0.25) is 11.8 Å². The Kier molecular flexibility index (Phi) is 7.84. The van der Waals surface area contributed by atoms with E-state index in [1.807, 2.05) is 56.3 Å². The highest BCUT2D eigenvalue weighted by molar-refractivity contribution is 8.00. The number of carbonyl (C=O) groups is 2. The topological polar surface area (TPSA) is 67.2 Å². The summed E-state index contributed by atoms with van der Waals surface area (Å²) < 4.78 is 15.6. The number of carbonyl (C=O) groups excluding carboxylic acids is 2. The highest BCUT2D eigenvalue weighted by atomic mass is 32.2. The van der Waals surface area contributed by atoms with Gasteiger partial charge in [-0.25, -0.2) is 9.07 Å². The van der Waals surface area contributed by atoms with E-state index in [4.69, 9.17) is 5.10 Å². The molecule has 0 radical (unpaired) electrons. The number of benzene rings is 3. The highest BCUT2D eigenvalue weighted by Crippen LogP contribution is 2.49. The molecule has 1 aliphatic heterocycles. The molecular formula is C31H31FN4O2S. The van der Waals surface area contributed by atoms with Crippen LogP contribution < -0.4 is 10.2 Å². The Morgan fingerprint density at radius 2 is 1.74 bits per heavy atom. The van der Waals surface area contributed by atoms with Gasteiger partial charge in [-0.2, -0.15) is 5.10 Å². The number of rotatable bonds is 7. The molecule has 0 fully saturated rings. The summed E-state index contributed by atoms with van der Waals surface area (Å²) in [5.41, 5.74) is 5.26. The Bertz CT molecular complexity index is 1480. The van der Waals surface area contributed by atoms with Crippen molar-refractivity contribution in [3.05, 3.63) is 101 Å². The van der Waals surface area contributed by atoms with Gasteiger partial charge in [0.05, 0.1) is 22.4 Å². The quantitative estimate of drug-likeness (QED) is 0.314. The fourth-order valence-electron chi connectivity index (χ4n) is 4.73. The third-order valence-electron chi connectivity index (χ3n) is 6.69. The molecule has 1 atom stereocenters. The van der Waals surface area contributed by atoms with Crippen LogP contribution in [-0.2, 0) is 9.59 Å². The Balaban J connectivity index is 1.77. The van der Waals surface area contributed by atoms with Crippen LogP contribution in [0.1, 0.15) is 35.8 Å². The fourth-order valence-corrected chi connectivity index (χ4v) is 6.03. The van der Waals surface area contributed by atoms with Gasteiger partial charge in [-0.3, -0.25) is 14.5 Å². The van der Waals surface area contributed by atoms with Crippen LogP contribution in [0.15, 0.2) is 78.9 Å². The number of aryl methyl sites for hydroxylation is 1. The Hall–Kier alpha value is -3.91. The molecule has 3 aromatic carbocycles. The minimum Gasteiger partial charge on any atom is -0.354 e. The number of halogens is 1. The molecule has 6 nitrogen and oxygen atoms in total. The van der Waals surface area contributed by atoms with Gasteiger partial charge in [0.1, 0.15) is 18.2 Å². The zero-order valence-corrected chi connectivity index (χ0v) is 23.0. The largest absolute Gasteiger partial charge is 0.354 e. The first kappa shape index (κ1) is 26.7. The maximum atomic E-state index is 13.9. The van der Waals surface area contributed by atoms with Gasteiger partial charge in [0.25, 0.3) is 0 Å². The zero-order valence-electron chi connectivity index (χ0n) is 22.2. The second-order valence-corrected chi connectivity index (χ2v) is 11.2. The Morgan fingerprint density at radius 1 is 1.05 bits per heavy atom. The van der Waals surface area contributed by atoms with Gasteiger partial charge in [0, 0.05) is 17.7 Å². The summed E-state index contributed by atoms with van der Waals surface area (Å²) >= 11 is 1.53. The lowest BCUT2D eigenvalue weighted by Gasteiger charge is -2.23. The van der Waals surface area contributed by atoms with Crippen molar-refractivity contribution < 1.29 is 14.0 Å². The number of nitrogens with one attached hydrogen (secondary N) is 1. The van der Waals surface area contributed by atoms with E-state index in [2.05, 4.69) is 24.4 Å². The summed E-state index contributed by atoms with van der Waals surface area (Å²) in [5.74, 6) is 0.219. The van der Waals surface area contributed by atoms with Crippen molar-refractivity contribution in [2.75, 3.05) is 23.7 Å². The monoisotopic (exact) mass is 542 g/mol. The molecule has 1 aliphatic rings. The average molecular weight is 543 g/mol. The Morgan fingerprint density at radius 3 is 2.44 bits per heavy atom. The van der Waals surface area contributed by atoms with Gasteiger partial charge in [-0.15, -0.1) is 11.8 Å². The molecule has 200 valence electrons. The smallest absolute Gasteiger partial charge is 0.240 e. The van der Waals surface area contributed by atoms with Crippen LogP contribution in [0.2, 0.25) is 0 Å². The predicted octanol–water partition coefficient (Wildman–Crippen LogP) is 5.93. The van der Waals surface area contributed by atoms with Gasteiger partial charge in [0.15, 0.2) is 0 Å². The first-order chi connectivity index (χ1) is 18.8. The molecule has 2 amide bonds. The number of hydrogen-bond acceptors (Lipinski definition) is 4. The SMILES string of the molecule is Cc1ccccc1[C@@H]1SCC(=O)N(CC(=O)NCC(C)C)c2c1c(-c1ccccc1)nn2-c1ccc(F)cc1. The summed E-state index contributed by atoms with van der Waals surface area (Å²) in [4.78, 5) is 28.3. The van der Waals surface area contributed by atoms with E-state index in [1.54, 1.807) is 21.7 Å². The summed E-state index contributed by atoms with van der Waals surface area (Å²) in [5, 5.41) is 7.76. The van der Waals surface area contributed by atoms with Crippen molar-refractivity contribution >= 4 is 29.4 Å². The molecule has 4 aromatic rings. The average Bonchev–Trinajstić information content (AvgIpc) is 3.26. The minimum atomic E-state index is -0.366. The molecule has 2 heterocycles. The molecule has 0 bridgehead atoms. The van der Waals surface area contributed by atoms with Gasteiger partial charge >= 0.3 is 0 Å². The van der Waals surface area contributed by atoms with E-state index in [1.165, 1.54) is 23.9 Å². The zero-order chi connectivity index (χ0) is 27.5. The summed E-state index contributed by atoms with van der Waals surface area (Å²) in [7, 11) is 0. The van der Waals surface area contributed by atoms with E-state index in [-0.39, 0.29) is 41.1 Å². The fraction of sp³-hybridized carbons (Fsp3) is 0.258. The number of thioether (sulfide) groups is 1. The van der Waals surface area contributed by atoms with Crippen LogP contribution in [0.25, 0.3) is 16.9 Å². The summed E-state index contributed by atoms with van der Waals surface area (Å²) in [6.45, 7) is 6.48. The highest BCUT2D eigenvalue weighted by Gasteiger charge is 2.38. The molecule has 1 aromatic heterocycles. The van der Waals surface area contributed by atoms with Gasteiger partial charge < -0.3 is 5.32 Å². The standard InChI is InChI=1S/C31H31FN4O2S/c1-20(2)17-33-26(37)18-35-27(38)19-39-30(25-12-8-7-9-21(25)3)28-29(22-10-5-4-6-11-22)34-36(31(28)35)24-15-13-23(32)14-16-24/h4-16,20,30H,17-19H2,1-3H3,(H,33,37)/t30-/m0/s1. The number of anilines is 1. The normalized spacial score (nSPS) is 15.3. The van der Waals surface area contributed by atoms with E-state index < -0.39 is 0 Å². The van der Waals surface area contributed by atoms with Crippen molar-refractivity contribution in [3.63, 3.8) is 0 Å². The second-order valence-electron chi connectivity index (χ2n) is 10.1. The molecule has 0 unspecified atom stereocenters. The van der Waals surface area contributed by atoms with Crippen molar-refractivity contribution in [2.45, 2.75) is 26.0 Å². The lowest BCUT2D eigenvalue weighted by atomic mass is 9.97. The van der Waals surface area contributed by atoms with Crippen molar-refractivity contribution in [2.24, 2.45) is 5.92 Å². The van der Waals surface area contributed by atoms with Gasteiger partial charge in [-0.1, -0.05) is 68.4 Å². The molecule has 0 saturated heterocycles. The lowest BCUT2D eigenvalue weighted by Crippen LogP contribution is -2.43. The number of amides is 2. The molecule has 0 spiro atoms. The Labute approximate surface area is 232 Å². The van der Waals surface area contributed by atoms with Crippen LogP contribution in [0.5, 0.6) is 0 Å². The van der Waals surface area contributed by atoms with Gasteiger partial charge in [-0.05, 0) is 48.2 Å². The molecule has 0 saturated carbocycles. The first-order valence-electron chi connectivity index (χ1n) is 13.0. The van der Waals surface area contributed by atoms with Crippen molar-refractivity contribution in [1.29, 1.82) is 0 Å². The number of fused-ring (bicyclic) bond motifs is 1. The van der Waals surface area contributed by atoms with E-state index in [9.17, 15) is 14.0 Å². The van der Waals surface area contributed by atoms with Crippen LogP contribution in [-0.4, -0.2) is 40.4 Å². The van der Waals surface area contributed by atoms with Crippen molar-refractivity contribution in [1.82, 2.24) is 15.1 Å². The number of nitrogens with zero attached hydrogens (tertiary/aromatic N) is 3. The van der Waals surface area contributed by atoms with Crippen LogP contribution in [0, 0.1) is 18.7 Å². The minimum absolute atomic E-state index is 0.138. The molecule has 8 heteroatoms. The van der Waals surface area contributed by atoms with Crippen molar-refractivity contribution in [3.8, 4) is 16.9 Å². The number of hydrogen-bond donors (Lipinski definition) is 1. The van der Waals surface area contributed by atoms with Crippen LogP contribution >= 0.6 is 11.8 Å². The molecule has 0 aliphatic carbocycles. The summed E-state index contributed by atoms with van der Waals surface area (Å²) in [6.07, 6.45) is 0. The lowest BCUT2D eigenvalue weighted by molar-refractivity contribution is -0.123. The van der Waals surface area contributed by atoms with E-state index in [0.29, 0.717) is 18.1 Å². The predicted molar refractivity (Wildman–Crippen MR) is 155 cm³/mol. The molecule has 5 rings (SSSR count). The van der Waals surface area contributed by atoms with Crippen LogP contribution in [0.4, 0.5) is 10.2 Å². The van der Waals surface area contributed by atoms with Crippen LogP contribution in [0.3, 0.4) is 0 Å². The molecule has 1 N–H and O–H groups in total. The first-order valence-corrected chi connectivity index (χ1v) is 14.1. The maximum absolute atomic E-state index is 13.9. The van der Waals surface area contributed by atoms with E-state index >= 15 is 0 Å². The molecular weight excluding hydrogens is 511 g/mol.